The second-order valence-electron chi connectivity index (χ2n) is 5.82. The van der Waals surface area contributed by atoms with E-state index in [1.54, 1.807) is 0 Å². The first-order chi connectivity index (χ1) is 11.3. The van der Waals surface area contributed by atoms with Crippen LogP contribution >= 0.6 is 11.6 Å². The Labute approximate surface area is 139 Å². The van der Waals surface area contributed by atoms with E-state index in [1.165, 1.54) is 0 Å². The normalized spacial score (nSPS) is 17.0. The van der Waals surface area contributed by atoms with Crippen LogP contribution in [0.4, 0.5) is 0 Å². The molecule has 1 N–H and O–H groups in total. The number of carbonyl (C=O) groups excluding carboxylic acids is 1. The summed E-state index contributed by atoms with van der Waals surface area (Å²) >= 11 is 5.86. The van der Waals surface area contributed by atoms with Crippen LogP contribution in [0, 0.1) is 0 Å². The van der Waals surface area contributed by atoms with Crippen molar-refractivity contribution in [2.24, 2.45) is 0 Å². The first-order valence-corrected chi connectivity index (χ1v) is 8.36. The lowest BCUT2D eigenvalue weighted by Crippen LogP contribution is -2.30. The standard InChI is InChI=1S/C19H17ClN2O/c20-10-5-11-22-18(14-7-1-2-8-15(14)19(22)23)16-12-21-17-9-4-3-6-13(16)17/h1-4,6-9,12,18,21H,5,10-11H2/t18-/m1/s1. The third kappa shape index (κ3) is 2.23. The Morgan fingerprint density at radius 2 is 1.83 bits per heavy atom. The molecule has 0 saturated carbocycles. The van der Waals surface area contributed by atoms with Crippen molar-refractivity contribution in [2.45, 2.75) is 12.5 Å². The van der Waals surface area contributed by atoms with Gasteiger partial charge in [-0.25, -0.2) is 0 Å². The first kappa shape index (κ1) is 14.3. The maximum Gasteiger partial charge on any atom is 0.255 e. The Morgan fingerprint density at radius 1 is 1.04 bits per heavy atom. The van der Waals surface area contributed by atoms with Crippen molar-refractivity contribution in [1.82, 2.24) is 9.88 Å². The fourth-order valence-electron chi connectivity index (χ4n) is 3.49. The highest BCUT2D eigenvalue weighted by Gasteiger charge is 2.37. The van der Waals surface area contributed by atoms with Crippen LogP contribution in [0.15, 0.2) is 54.7 Å². The number of halogens is 1. The minimum Gasteiger partial charge on any atom is -0.361 e. The predicted molar refractivity (Wildman–Crippen MR) is 93.0 cm³/mol. The maximum absolute atomic E-state index is 12.8. The topological polar surface area (TPSA) is 36.1 Å². The summed E-state index contributed by atoms with van der Waals surface area (Å²) in [4.78, 5) is 18.1. The van der Waals surface area contributed by atoms with Gasteiger partial charge in [0.25, 0.3) is 5.91 Å². The zero-order chi connectivity index (χ0) is 15.8. The summed E-state index contributed by atoms with van der Waals surface area (Å²) in [5.41, 5.74) is 4.12. The van der Waals surface area contributed by atoms with Gasteiger partial charge in [0.1, 0.15) is 0 Å². The number of rotatable bonds is 4. The van der Waals surface area contributed by atoms with Gasteiger partial charge < -0.3 is 9.88 Å². The van der Waals surface area contributed by atoms with Gasteiger partial charge in [0.05, 0.1) is 6.04 Å². The van der Waals surface area contributed by atoms with E-state index in [0.29, 0.717) is 12.4 Å². The number of para-hydroxylation sites is 1. The van der Waals surface area contributed by atoms with E-state index < -0.39 is 0 Å². The molecule has 0 bridgehead atoms. The van der Waals surface area contributed by atoms with Gasteiger partial charge in [-0.2, -0.15) is 0 Å². The highest BCUT2D eigenvalue weighted by atomic mass is 35.5. The minimum atomic E-state index is -0.0435. The molecule has 0 aliphatic carbocycles. The molecular formula is C19H17ClN2O. The number of nitrogens with one attached hydrogen (secondary N) is 1. The lowest BCUT2D eigenvalue weighted by molar-refractivity contribution is 0.0751. The van der Waals surface area contributed by atoms with E-state index >= 15 is 0 Å². The zero-order valence-corrected chi connectivity index (χ0v) is 13.4. The summed E-state index contributed by atoms with van der Waals surface area (Å²) in [6, 6.07) is 16.1. The number of nitrogens with zero attached hydrogens (tertiary/aromatic N) is 1. The molecule has 1 amide bonds. The minimum absolute atomic E-state index is 0.0435. The van der Waals surface area contributed by atoms with Gasteiger partial charge in [-0.1, -0.05) is 36.4 Å². The van der Waals surface area contributed by atoms with Gasteiger partial charge >= 0.3 is 0 Å². The van der Waals surface area contributed by atoms with Crippen molar-refractivity contribution in [3.05, 3.63) is 71.4 Å². The largest absolute Gasteiger partial charge is 0.361 e. The summed E-state index contributed by atoms with van der Waals surface area (Å²) < 4.78 is 0. The summed E-state index contributed by atoms with van der Waals surface area (Å²) in [5.74, 6) is 0.654. The number of aromatic amines is 1. The van der Waals surface area contributed by atoms with Crippen molar-refractivity contribution in [3.8, 4) is 0 Å². The predicted octanol–water partition coefficient (Wildman–Crippen LogP) is 4.34. The molecule has 4 rings (SSSR count). The van der Waals surface area contributed by atoms with Crippen molar-refractivity contribution in [1.29, 1.82) is 0 Å². The molecular weight excluding hydrogens is 308 g/mol. The molecule has 1 aliphatic heterocycles. The van der Waals surface area contributed by atoms with Crippen molar-refractivity contribution in [3.63, 3.8) is 0 Å². The molecule has 0 unspecified atom stereocenters. The molecule has 1 aromatic heterocycles. The van der Waals surface area contributed by atoms with E-state index in [1.807, 2.05) is 41.4 Å². The van der Waals surface area contributed by atoms with Crippen LogP contribution < -0.4 is 0 Å². The second kappa shape index (κ2) is 5.74. The Kier molecular flexibility index (Phi) is 3.58. The molecule has 1 aliphatic rings. The van der Waals surface area contributed by atoms with Crippen LogP contribution in [0.3, 0.4) is 0 Å². The molecule has 4 heteroatoms. The summed E-state index contributed by atoms with van der Waals surface area (Å²) in [6.45, 7) is 0.668. The molecule has 3 nitrogen and oxygen atoms in total. The average Bonchev–Trinajstić information content (AvgIpc) is 3.13. The summed E-state index contributed by atoms with van der Waals surface area (Å²) in [7, 11) is 0. The number of carbonyl (C=O) groups is 1. The number of benzene rings is 2. The number of H-pyrrole nitrogens is 1. The van der Waals surface area contributed by atoms with E-state index in [0.717, 1.165) is 34.0 Å². The number of aromatic nitrogens is 1. The number of hydrogen-bond donors (Lipinski definition) is 1. The molecule has 1 atom stereocenters. The zero-order valence-electron chi connectivity index (χ0n) is 12.6. The van der Waals surface area contributed by atoms with Crippen molar-refractivity contribution >= 4 is 28.4 Å². The molecule has 2 aromatic carbocycles. The van der Waals surface area contributed by atoms with Gasteiger partial charge in [-0.05, 0) is 24.1 Å². The maximum atomic E-state index is 12.8. The molecule has 2 heterocycles. The quantitative estimate of drug-likeness (QED) is 0.712. The van der Waals surface area contributed by atoms with Gasteiger partial charge in [0.2, 0.25) is 0 Å². The van der Waals surface area contributed by atoms with Crippen molar-refractivity contribution in [2.75, 3.05) is 12.4 Å². The van der Waals surface area contributed by atoms with Crippen molar-refractivity contribution < 1.29 is 4.79 Å². The van der Waals surface area contributed by atoms with E-state index in [4.69, 9.17) is 11.6 Å². The Morgan fingerprint density at radius 3 is 2.70 bits per heavy atom. The first-order valence-electron chi connectivity index (χ1n) is 7.83. The highest BCUT2D eigenvalue weighted by molar-refractivity contribution is 6.17. The molecule has 23 heavy (non-hydrogen) atoms. The van der Waals surface area contributed by atoms with Gasteiger partial charge in [-0.15, -0.1) is 11.6 Å². The third-order valence-corrected chi connectivity index (χ3v) is 4.77. The van der Waals surface area contributed by atoms with E-state index in [-0.39, 0.29) is 11.9 Å². The smallest absolute Gasteiger partial charge is 0.255 e. The van der Waals surface area contributed by atoms with Gasteiger partial charge in [0, 0.05) is 40.7 Å². The molecule has 0 spiro atoms. The van der Waals surface area contributed by atoms with Crippen LogP contribution in [0.1, 0.15) is 33.9 Å². The SMILES string of the molecule is O=C1c2ccccc2[C@H](c2c[nH]c3ccccc23)N1CCCCl. The third-order valence-electron chi connectivity index (χ3n) is 4.51. The molecule has 116 valence electrons. The van der Waals surface area contributed by atoms with Gasteiger partial charge in [-0.3, -0.25) is 4.79 Å². The number of fused-ring (bicyclic) bond motifs is 2. The average molecular weight is 325 g/mol. The van der Waals surface area contributed by atoms with Crippen LogP contribution in [0.5, 0.6) is 0 Å². The number of hydrogen-bond acceptors (Lipinski definition) is 1. The second-order valence-corrected chi connectivity index (χ2v) is 6.20. The van der Waals surface area contributed by atoms with E-state index in [2.05, 4.69) is 23.2 Å². The van der Waals surface area contributed by atoms with Crippen LogP contribution in [0.25, 0.3) is 10.9 Å². The molecule has 0 saturated heterocycles. The van der Waals surface area contributed by atoms with Gasteiger partial charge in [0.15, 0.2) is 0 Å². The molecule has 0 fully saturated rings. The monoisotopic (exact) mass is 324 g/mol. The fraction of sp³-hybridized carbons (Fsp3) is 0.211. The lowest BCUT2D eigenvalue weighted by atomic mass is 9.97. The van der Waals surface area contributed by atoms with Crippen LogP contribution in [0.2, 0.25) is 0 Å². The molecule has 3 aromatic rings. The Hall–Kier alpha value is -2.26. The lowest BCUT2D eigenvalue weighted by Gasteiger charge is -2.25. The summed E-state index contributed by atoms with van der Waals surface area (Å²) in [6.07, 6.45) is 2.82. The van der Waals surface area contributed by atoms with Crippen LogP contribution in [-0.4, -0.2) is 28.2 Å². The fourth-order valence-corrected chi connectivity index (χ4v) is 3.61. The summed E-state index contributed by atoms with van der Waals surface area (Å²) in [5, 5.41) is 1.16. The Balaban J connectivity index is 1.87. The number of amides is 1. The Bertz CT molecular complexity index is 870. The number of alkyl halides is 1. The molecule has 0 radical (unpaired) electrons. The van der Waals surface area contributed by atoms with Crippen LogP contribution in [-0.2, 0) is 0 Å². The van der Waals surface area contributed by atoms with E-state index in [9.17, 15) is 4.79 Å². The highest BCUT2D eigenvalue weighted by Crippen LogP contribution is 2.40.